The van der Waals surface area contributed by atoms with Crippen molar-refractivity contribution in [2.24, 2.45) is 0 Å². The Balaban J connectivity index is 3.26. The second kappa shape index (κ2) is 5.67. The maximum Gasteiger partial charge on any atom is 0.411 e. The molecule has 0 spiro atoms. The topological polar surface area (TPSA) is 92.6 Å². The quantitative estimate of drug-likeness (QED) is 0.916. The number of carbonyl (C=O) groups is 2. The number of hydrogen-bond acceptors (Lipinski definition) is 5. The van der Waals surface area contributed by atoms with Crippen molar-refractivity contribution >= 4 is 12.1 Å². The summed E-state index contributed by atoms with van der Waals surface area (Å²) in [6.45, 7) is 8.18. The van der Waals surface area contributed by atoms with Crippen LogP contribution in [0.4, 0.5) is 4.79 Å². The van der Waals surface area contributed by atoms with E-state index in [1.807, 2.05) is 0 Å². The Morgan fingerprint density at radius 3 is 2.14 bits per heavy atom. The molecule has 0 bridgehead atoms. The van der Waals surface area contributed by atoms with Gasteiger partial charge in [-0.1, -0.05) is 0 Å². The van der Waals surface area contributed by atoms with Crippen molar-refractivity contribution in [3.8, 4) is 0 Å². The molecule has 0 aliphatic carbocycles. The van der Waals surface area contributed by atoms with Gasteiger partial charge in [-0.05, 0) is 34.6 Å². The molecule has 1 aromatic heterocycles. The molecule has 0 aromatic carbocycles. The number of aliphatic carboxylic acids is 1. The summed E-state index contributed by atoms with van der Waals surface area (Å²) in [5.41, 5.74) is -1.74. The van der Waals surface area contributed by atoms with Crippen LogP contribution in [0.2, 0.25) is 0 Å². The maximum atomic E-state index is 12.2. The SMILES string of the molecule is Cc1nccnc1C(C)(C(=O)O)N(C)C(=O)OC(C)(C)C. The van der Waals surface area contributed by atoms with Crippen molar-refractivity contribution in [3.63, 3.8) is 0 Å². The molecule has 0 aliphatic heterocycles. The summed E-state index contributed by atoms with van der Waals surface area (Å²) in [6, 6.07) is 0. The Kier molecular flexibility index (Phi) is 4.56. The van der Waals surface area contributed by atoms with Crippen molar-refractivity contribution in [2.75, 3.05) is 7.05 Å². The molecular formula is C14H21N3O4. The molecule has 1 rings (SSSR count). The average molecular weight is 295 g/mol. The first-order valence-corrected chi connectivity index (χ1v) is 6.48. The molecule has 1 unspecified atom stereocenters. The van der Waals surface area contributed by atoms with Crippen LogP contribution in [0.15, 0.2) is 12.4 Å². The van der Waals surface area contributed by atoms with E-state index in [9.17, 15) is 14.7 Å². The minimum atomic E-state index is -1.67. The average Bonchev–Trinajstić information content (AvgIpc) is 2.35. The highest BCUT2D eigenvalue weighted by Crippen LogP contribution is 2.29. The zero-order valence-electron chi connectivity index (χ0n) is 13.2. The number of carbonyl (C=O) groups excluding carboxylic acids is 1. The largest absolute Gasteiger partial charge is 0.479 e. The number of aromatic nitrogens is 2. The normalized spacial score (nSPS) is 14.2. The zero-order chi connectivity index (χ0) is 16.4. The third kappa shape index (κ3) is 3.48. The number of amides is 1. The van der Waals surface area contributed by atoms with E-state index in [4.69, 9.17) is 4.74 Å². The van der Waals surface area contributed by atoms with Crippen molar-refractivity contribution in [2.45, 2.75) is 45.8 Å². The van der Waals surface area contributed by atoms with Gasteiger partial charge in [0.25, 0.3) is 0 Å². The van der Waals surface area contributed by atoms with Crippen LogP contribution in [-0.2, 0) is 15.1 Å². The summed E-state index contributed by atoms with van der Waals surface area (Å²) < 4.78 is 5.23. The second-order valence-electron chi connectivity index (χ2n) is 5.91. The fourth-order valence-corrected chi connectivity index (χ4v) is 1.80. The Bertz CT molecular complexity index is 553. The van der Waals surface area contributed by atoms with Gasteiger partial charge in [0.15, 0.2) is 5.54 Å². The van der Waals surface area contributed by atoms with Gasteiger partial charge in [-0.2, -0.15) is 0 Å². The standard InChI is InChI=1S/C14H21N3O4/c1-9-10(16-8-7-15-9)14(5,11(18)19)17(6)12(20)21-13(2,3)4/h7-8H,1-6H3,(H,18,19). The first-order valence-electron chi connectivity index (χ1n) is 6.48. The van der Waals surface area contributed by atoms with E-state index in [0.29, 0.717) is 5.69 Å². The van der Waals surface area contributed by atoms with Crippen LogP contribution in [0.25, 0.3) is 0 Å². The van der Waals surface area contributed by atoms with Gasteiger partial charge in [-0.25, -0.2) is 9.59 Å². The number of likely N-dealkylation sites (N-methyl/N-ethyl adjacent to an activating group) is 1. The molecule has 0 fully saturated rings. The molecular weight excluding hydrogens is 274 g/mol. The fraction of sp³-hybridized carbons (Fsp3) is 0.571. The highest BCUT2D eigenvalue weighted by Gasteiger charge is 2.46. The van der Waals surface area contributed by atoms with Crippen LogP contribution in [0.1, 0.15) is 39.1 Å². The van der Waals surface area contributed by atoms with Crippen LogP contribution in [-0.4, -0.2) is 44.7 Å². The lowest BCUT2D eigenvalue weighted by atomic mass is 9.94. The van der Waals surface area contributed by atoms with Crippen LogP contribution in [0.3, 0.4) is 0 Å². The molecule has 1 amide bonds. The Labute approximate surface area is 124 Å². The number of carboxylic acid groups (broad SMARTS) is 1. The van der Waals surface area contributed by atoms with Gasteiger partial charge < -0.3 is 9.84 Å². The number of nitrogens with zero attached hydrogens (tertiary/aromatic N) is 3. The van der Waals surface area contributed by atoms with Gasteiger partial charge in [0.05, 0.1) is 11.4 Å². The monoisotopic (exact) mass is 295 g/mol. The molecule has 0 radical (unpaired) electrons. The minimum absolute atomic E-state index is 0.200. The van der Waals surface area contributed by atoms with Crippen molar-refractivity contribution < 1.29 is 19.4 Å². The van der Waals surface area contributed by atoms with E-state index >= 15 is 0 Å². The number of carboxylic acids is 1. The van der Waals surface area contributed by atoms with E-state index in [1.165, 1.54) is 26.4 Å². The van der Waals surface area contributed by atoms with E-state index in [2.05, 4.69) is 9.97 Å². The highest BCUT2D eigenvalue weighted by molar-refractivity contribution is 5.85. The highest BCUT2D eigenvalue weighted by atomic mass is 16.6. The van der Waals surface area contributed by atoms with Gasteiger partial charge in [-0.15, -0.1) is 0 Å². The Hall–Kier alpha value is -2.18. The van der Waals surface area contributed by atoms with Crippen LogP contribution in [0.5, 0.6) is 0 Å². The van der Waals surface area contributed by atoms with Crippen molar-refractivity contribution in [3.05, 3.63) is 23.8 Å². The van der Waals surface area contributed by atoms with Crippen LogP contribution < -0.4 is 0 Å². The lowest BCUT2D eigenvalue weighted by molar-refractivity contribution is -0.150. The first-order chi connectivity index (χ1) is 9.50. The number of rotatable bonds is 3. The Morgan fingerprint density at radius 2 is 1.71 bits per heavy atom. The van der Waals surface area contributed by atoms with Gasteiger partial charge in [0, 0.05) is 19.4 Å². The number of aryl methyl sites for hydroxylation is 1. The third-order valence-electron chi connectivity index (χ3n) is 3.10. The second-order valence-corrected chi connectivity index (χ2v) is 5.91. The molecule has 1 N–H and O–H groups in total. The summed E-state index contributed by atoms with van der Waals surface area (Å²) in [7, 11) is 1.37. The molecule has 1 aromatic rings. The molecule has 0 aliphatic rings. The minimum Gasteiger partial charge on any atom is -0.479 e. The predicted octanol–water partition coefficient (Wildman–Crippen LogP) is 1.95. The summed E-state index contributed by atoms with van der Waals surface area (Å²) >= 11 is 0. The van der Waals surface area contributed by atoms with Crippen LogP contribution in [0, 0.1) is 6.92 Å². The predicted molar refractivity (Wildman–Crippen MR) is 75.8 cm³/mol. The summed E-state index contributed by atoms with van der Waals surface area (Å²) in [5, 5.41) is 9.61. The van der Waals surface area contributed by atoms with Crippen LogP contribution >= 0.6 is 0 Å². The van der Waals surface area contributed by atoms with Crippen molar-refractivity contribution in [1.82, 2.24) is 14.9 Å². The van der Waals surface area contributed by atoms with Gasteiger partial charge >= 0.3 is 12.1 Å². The smallest absolute Gasteiger partial charge is 0.411 e. The number of hydrogen-bond donors (Lipinski definition) is 1. The molecule has 7 heteroatoms. The first kappa shape index (κ1) is 16.9. The molecule has 0 saturated heterocycles. The summed E-state index contributed by atoms with van der Waals surface area (Å²) in [5.74, 6) is -1.21. The molecule has 116 valence electrons. The van der Waals surface area contributed by atoms with E-state index in [0.717, 1.165) is 4.90 Å². The molecule has 1 atom stereocenters. The molecule has 1 heterocycles. The Morgan fingerprint density at radius 1 is 1.19 bits per heavy atom. The molecule has 7 nitrogen and oxygen atoms in total. The zero-order valence-corrected chi connectivity index (χ0v) is 13.2. The summed E-state index contributed by atoms with van der Waals surface area (Å²) in [4.78, 5) is 33.1. The van der Waals surface area contributed by atoms with E-state index < -0.39 is 23.2 Å². The lowest BCUT2D eigenvalue weighted by Crippen LogP contribution is -2.52. The number of ether oxygens (including phenoxy) is 1. The fourth-order valence-electron chi connectivity index (χ4n) is 1.80. The maximum absolute atomic E-state index is 12.2. The van der Waals surface area contributed by atoms with Crippen molar-refractivity contribution in [1.29, 1.82) is 0 Å². The third-order valence-corrected chi connectivity index (χ3v) is 3.10. The van der Waals surface area contributed by atoms with Gasteiger partial charge in [0.1, 0.15) is 5.60 Å². The van der Waals surface area contributed by atoms with E-state index in [1.54, 1.807) is 27.7 Å². The molecule has 21 heavy (non-hydrogen) atoms. The van der Waals surface area contributed by atoms with Gasteiger partial charge in [-0.3, -0.25) is 14.9 Å². The van der Waals surface area contributed by atoms with E-state index in [-0.39, 0.29) is 5.69 Å². The summed E-state index contributed by atoms with van der Waals surface area (Å²) in [6.07, 6.45) is 2.12. The lowest BCUT2D eigenvalue weighted by Gasteiger charge is -2.35. The van der Waals surface area contributed by atoms with Gasteiger partial charge in [0.2, 0.25) is 0 Å². The molecule has 0 saturated carbocycles.